The maximum atomic E-state index is 12.8. The molecule has 6 heteroatoms. The van der Waals surface area contributed by atoms with Crippen LogP contribution in [0.2, 0.25) is 0 Å². The third-order valence-electron chi connectivity index (χ3n) is 5.48. The SMILES string of the molecule is CO[C@@H]1CCC[C@@H]1NC(=O)N1CCC[C@@H]1c1c(C)nn(C)c1C. The van der Waals surface area contributed by atoms with Gasteiger partial charge in [-0.15, -0.1) is 0 Å². The minimum atomic E-state index is 0.0455. The van der Waals surface area contributed by atoms with Crippen LogP contribution in [0.4, 0.5) is 4.79 Å². The fourth-order valence-electron chi connectivity index (χ4n) is 4.20. The van der Waals surface area contributed by atoms with E-state index in [1.54, 1.807) is 7.11 Å². The highest BCUT2D eigenvalue weighted by Crippen LogP contribution is 2.35. The zero-order chi connectivity index (χ0) is 16.6. The van der Waals surface area contributed by atoms with Crippen LogP contribution in [0.3, 0.4) is 0 Å². The first-order valence-corrected chi connectivity index (χ1v) is 8.63. The fraction of sp³-hybridized carbons (Fsp3) is 0.765. The lowest BCUT2D eigenvalue weighted by atomic mass is 10.0. The van der Waals surface area contributed by atoms with Crippen LogP contribution in [0.1, 0.15) is 55.1 Å². The molecule has 1 saturated heterocycles. The van der Waals surface area contributed by atoms with Crippen LogP contribution in [-0.4, -0.2) is 46.5 Å². The van der Waals surface area contributed by atoms with Gasteiger partial charge in [-0.1, -0.05) is 0 Å². The van der Waals surface area contributed by atoms with Crippen molar-refractivity contribution in [2.75, 3.05) is 13.7 Å². The second-order valence-electron chi connectivity index (χ2n) is 6.82. The van der Waals surface area contributed by atoms with Crippen molar-refractivity contribution in [2.45, 2.75) is 64.1 Å². The van der Waals surface area contributed by atoms with Gasteiger partial charge in [0.2, 0.25) is 0 Å². The molecule has 2 fully saturated rings. The molecule has 0 spiro atoms. The lowest BCUT2D eigenvalue weighted by Gasteiger charge is -2.28. The minimum absolute atomic E-state index is 0.0455. The van der Waals surface area contributed by atoms with E-state index in [0.717, 1.165) is 50.0 Å². The number of aryl methyl sites for hydroxylation is 2. The molecule has 23 heavy (non-hydrogen) atoms. The smallest absolute Gasteiger partial charge is 0.318 e. The summed E-state index contributed by atoms with van der Waals surface area (Å²) in [4.78, 5) is 14.8. The first kappa shape index (κ1) is 16.3. The number of aromatic nitrogens is 2. The van der Waals surface area contributed by atoms with Gasteiger partial charge in [0.1, 0.15) is 0 Å². The summed E-state index contributed by atoms with van der Waals surface area (Å²) < 4.78 is 7.41. The number of nitrogens with one attached hydrogen (secondary N) is 1. The third-order valence-corrected chi connectivity index (χ3v) is 5.48. The Morgan fingerprint density at radius 1 is 1.26 bits per heavy atom. The zero-order valence-electron chi connectivity index (χ0n) is 14.6. The Balaban J connectivity index is 1.75. The second-order valence-corrected chi connectivity index (χ2v) is 6.82. The first-order valence-electron chi connectivity index (χ1n) is 8.63. The van der Waals surface area contributed by atoms with E-state index < -0.39 is 0 Å². The van der Waals surface area contributed by atoms with Gasteiger partial charge < -0.3 is 15.0 Å². The molecule has 1 saturated carbocycles. The van der Waals surface area contributed by atoms with Crippen LogP contribution < -0.4 is 5.32 Å². The summed E-state index contributed by atoms with van der Waals surface area (Å²) in [6.07, 6.45) is 5.37. The highest BCUT2D eigenvalue weighted by molar-refractivity contribution is 5.75. The zero-order valence-corrected chi connectivity index (χ0v) is 14.6. The lowest BCUT2D eigenvalue weighted by molar-refractivity contribution is 0.0843. The van der Waals surface area contributed by atoms with Gasteiger partial charge in [0.25, 0.3) is 0 Å². The van der Waals surface area contributed by atoms with Crippen LogP contribution in [-0.2, 0) is 11.8 Å². The number of nitrogens with zero attached hydrogens (tertiary/aromatic N) is 3. The van der Waals surface area contributed by atoms with Crippen LogP contribution in [0, 0.1) is 13.8 Å². The average molecular weight is 320 g/mol. The number of hydrogen-bond acceptors (Lipinski definition) is 3. The third kappa shape index (κ3) is 2.96. The number of amides is 2. The maximum Gasteiger partial charge on any atom is 0.318 e. The van der Waals surface area contributed by atoms with Crippen LogP contribution >= 0.6 is 0 Å². The van der Waals surface area contributed by atoms with E-state index in [9.17, 15) is 4.79 Å². The summed E-state index contributed by atoms with van der Waals surface area (Å²) in [5.41, 5.74) is 3.41. The summed E-state index contributed by atoms with van der Waals surface area (Å²) >= 11 is 0. The standard InChI is InChI=1S/C17H28N4O2/c1-11-16(12(2)20(3)19-11)14-8-6-10-21(14)17(22)18-13-7-5-9-15(13)23-4/h13-15H,5-10H2,1-4H3,(H,18,22)/t13-,14+,15+/m0/s1. The van der Waals surface area contributed by atoms with E-state index in [4.69, 9.17) is 4.74 Å². The van der Waals surface area contributed by atoms with Gasteiger partial charge in [0, 0.05) is 32.0 Å². The number of carbonyl (C=O) groups is 1. The van der Waals surface area contributed by atoms with Crippen molar-refractivity contribution in [3.05, 3.63) is 17.0 Å². The maximum absolute atomic E-state index is 12.8. The number of rotatable bonds is 3. The minimum Gasteiger partial charge on any atom is -0.379 e. The Labute approximate surface area is 138 Å². The average Bonchev–Trinajstić information content (AvgIpc) is 3.20. The molecule has 1 aromatic heterocycles. The summed E-state index contributed by atoms with van der Waals surface area (Å²) in [5, 5.41) is 7.72. The molecule has 1 N–H and O–H groups in total. The molecular formula is C17H28N4O2. The van der Waals surface area contributed by atoms with Gasteiger partial charge in [-0.3, -0.25) is 4.68 Å². The molecule has 128 valence electrons. The van der Waals surface area contributed by atoms with E-state index >= 15 is 0 Å². The molecule has 2 heterocycles. The normalized spacial score (nSPS) is 27.7. The molecule has 3 rings (SSSR count). The Morgan fingerprint density at radius 3 is 2.70 bits per heavy atom. The van der Waals surface area contributed by atoms with Crippen LogP contribution in [0.5, 0.6) is 0 Å². The predicted molar refractivity (Wildman–Crippen MR) is 88.3 cm³/mol. The number of hydrogen-bond donors (Lipinski definition) is 1. The molecule has 2 amide bonds. The number of likely N-dealkylation sites (tertiary alicyclic amines) is 1. The molecule has 0 aromatic carbocycles. The van der Waals surface area contributed by atoms with Gasteiger partial charge in [-0.05, 0) is 46.0 Å². The molecule has 0 bridgehead atoms. The molecule has 1 aromatic rings. The van der Waals surface area contributed by atoms with Crippen molar-refractivity contribution >= 4 is 6.03 Å². The van der Waals surface area contributed by atoms with Gasteiger partial charge in [-0.2, -0.15) is 5.10 Å². The van der Waals surface area contributed by atoms with Gasteiger partial charge in [0.05, 0.1) is 23.9 Å². The monoisotopic (exact) mass is 320 g/mol. The van der Waals surface area contributed by atoms with Gasteiger partial charge in [-0.25, -0.2) is 4.79 Å². The molecule has 1 aliphatic carbocycles. The Bertz CT molecular complexity index is 583. The molecule has 0 radical (unpaired) electrons. The van der Waals surface area contributed by atoms with Crippen molar-refractivity contribution < 1.29 is 9.53 Å². The summed E-state index contributed by atoms with van der Waals surface area (Å²) in [6.45, 7) is 4.94. The Hall–Kier alpha value is -1.56. The van der Waals surface area contributed by atoms with E-state index in [1.165, 1.54) is 5.56 Å². The van der Waals surface area contributed by atoms with Crippen LogP contribution in [0.25, 0.3) is 0 Å². The van der Waals surface area contributed by atoms with E-state index in [1.807, 2.05) is 23.6 Å². The highest BCUT2D eigenvalue weighted by Gasteiger charge is 2.36. The number of ether oxygens (including phenoxy) is 1. The van der Waals surface area contributed by atoms with Gasteiger partial charge in [0.15, 0.2) is 0 Å². The quantitative estimate of drug-likeness (QED) is 0.930. The number of methoxy groups -OCH3 is 1. The fourth-order valence-corrected chi connectivity index (χ4v) is 4.20. The second kappa shape index (κ2) is 6.51. The van der Waals surface area contributed by atoms with Crippen LogP contribution in [0.15, 0.2) is 0 Å². The van der Waals surface area contributed by atoms with Crippen molar-refractivity contribution in [3.8, 4) is 0 Å². The predicted octanol–water partition coefficient (Wildman–Crippen LogP) is 2.45. The lowest BCUT2D eigenvalue weighted by Crippen LogP contribution is -2.47. The van der Waals surface area contributed by atoms with Gasteiger partial charge >= 0.3 is 6.03 Å². The summed E-state index contributed by atoms with van der Waals surface area (Å²) in [5.74, 6) is 0. The number of urea groups is 1. The van der Waals surface area contributed by atoms with Crippen molar-refractivity contribution in [3.63, 3.8) is 0 Å². The van der Waals surface area contributed by atoms with E-state index in [0.29, 0.717) is 0 Å². The molecule has 0 unspecified atom stereocenters. The largest absolute Gasteiger partial charge is 0.379 e. The summed E-state index contributed by atoms with van der Waals surface area (Å²) in [7, 11) is 3.70. The van der Waals surface area contributed by atoms with E-state index in [2.05, 4.69) is 17.3 Å². The molecule has 6 nitrogen and oxygen atoms in total. The van der Waals surface area contributed by atoms with Crippen molar-refractivity contribution in [1.29, 1.82) is 0 Å². The number of carbonyl (C=O) groups excluding carboxylic acids is 1. The Morgan fingerprint density at radius 2 is 2.04 bits per heavy atom. The molecule has 2 aliphatic rings. The van der Waals surface area contributed by atoms with E-state index in [-0.39, 0.29) is 24.2 Å². The molecule has 3 atom stereocenters. The molecular weight excluding hydrogens is 292 g/mol. The van der Waals surface area contributed by atoms with Crippen molar-refractivity contribution in [2.24, 2.45) is 7.05 Å². The topological polar surface area (TPSA) is 59.4 Å². The highest BCUT2D eigenvalue weighted by atomic mass is 16.5. The van der Waals surface area contributed by atoms with Crippen molar-refractivity contribution in [1.82, 2.24) is 20.0 Å². The first-order chi connectivity index (χ1) is 11.0. The molecule has 1 aliphatic heterocycles. The summed E-state index contributed by atoms with van der Waals surface area (Å²) in [6, 6.07) is 0.333. The Kier molecular flexibility index (Phi) is 4.62.